The highest BCUT2D eigenvalue weighted by Gasteiger charge is 2.25. The number of nitrogens with zero attached hydrogens (tertiary/aromatic N) is 2. The van der Waals surface area contributed by atoms with Crippen LogP contribution in [-0.2, 0) is 0 Å². The standard InChI is InChI=1S/C24H30N2O3S/c1-18-10-13-25(14-11-18)23(27)20-6-8-21(9-7-20)29-17-19-4-2-12-26(16-19)24(28)22-5-3-15-30-22/h3,5-9,15,18-19H,2,4,10-14,16-17H2,1H3/t19-/m1/s1. The van der Waals surface area contributed by atoms with E-state index in [1.807, 2.05) is 51.6 Å². The summed E-state index contributed by atoms with van der Waals surface area (Å²) in [5.74, 6) is 2.06. The Morgan fingerprint density at radius 3 is 2.47 bits per heavy atom. The van der Waals surface area contributed by atoms with E-state index in [1.165, 1.54) is 11.3 Å². The van der Waals surface area contributed by atoms with Gasteiger partial charge in [0.2, 0.25) is 0 Å². The molecule has 0 N–H and O–H groups in total. The molecule has 2 aliphatic heterocycles. The predicted octanol–water partition coefficient (Wildman–Crippen LogP) is 4.55. The first kappa shape index (κ1) is 20.9. The third kappa shape index (κ3) is 5.04. The first-order chi connectivity index (χ1) is 14.6. The van der Waals surface area contributed by atoms with Crippen molar-refractivity contribution < 1.29 is 14.3 Å². The summed E-state index contributed by atoms with van der Waals surface area (Å²) in [5, 5.41) is 1.94. The zero-order valence-electron chi connectivity index (χ0n) is 17.6. The maximum atomic E-state index is 12.7. The average Bonchev–Trinajstić information content (AvgIpc) is 3.33. The van der Waals surface area contributed by atoms with Crippen molar-refractivity contribution in [1.29, 1.82) is 0 Å². The van der Waals surface area contributed by atoms with Crippen LogP contribution >= 0.6 is 11.3 Å². The zero-order chi connectivity index (χ0) is 20.9. The quantitative estimate of drug-likeness (QED) is 0.705. The van der Waals surface area contributed by atoms with Crippen LogP contribution in [0.4, 0.5) is 0 Å². The number of benzene rings is 1. The number of hydrogen-bond acceptors (Lipinski definition) is 4. The topological polar surface area (TPSA) is 49.9 Å². The van der Waals surface area contributed by atoms with E-state index in [0.29, 0.717) is 18.4 Å². The molecule has 0 radical (unpaired) electrons. The molecular formula is C24H30N2O3S. The molecular weight excluding hydrogens is 396 g/mol. The average molecular weight is 427 g/mol. The molecule has 0 bridgehead atoms. The van der Waals surface area contributed by atoms with Crippen molar-refractivity contribution in [2.45, 2.75) is 32.6 Å². The lowest BCUT2D eigenvalue weighted by molar-refractivity contribution is 0.0638. The molecule has 2 amide bonds. The van der Waals surface area contributed by atoms with Gasteiger partial charge >= 0.3 is 0 Å². The molecule has 5 nitrogen and oxygen atoms in total. The van der Waals surface area contributed by atoms with Crippen LogP contribution in [0.15, 0.2) is 41.8 Å². The minimum Gasteiger partial charge on any atom is -0.493 e. The Labute approximate surface area is 182 Å². The lowest BCUT2D eigenvalue weighted by Crippen LogP contribution is -2.41. The van der Waals surface area contributed by atoms with Gasteiger partial charge in [0.15, 0.2) is 0 Å². The van der Waals surface area contributed by atoms with Crippen molar-refractivity contribution in [2.75, 3.05) is 32.8 Å². The Morgan fingerprint density at radius 2 is 1.77 bits per heavy atom. The van der Waals surface area contributed by atoms with Crippen LogP contribution in [0.2, 0.25) is 0 Å². The van der Waals surface area contributed by atoms with E-state index >= 15 is 0 Å². The van der Waals surface area contributed by atoms with E-state index in [1.54, 1.807) is 0 Å². The van der Waals surface area contributed by atoms with E-state index in [2.05, 4.69) is 6.92 Å². The van der Waals surface area contributed by atoms with Gasteiger partial charge < -0.3 is 14.5 Å². The van der Waals surface area contributed by atoms with E-state index in [-0.39, 0.29) is 11.8 Å². The van der Waals surface area contributed by atoms with Gasteiger partial charge in [-0.25, -0.2) is 0 Å². The molecule has 4 rings (SSSR count). The van der Waals surface area contributed by atoms with Gasteiger partial charge in [-0.05, 0) is 67.3 Å². The van der Waals surface area contributed by atoms with Gasteiger partial charge in [0, 0.05) is 37.7 Å². The molecule has 2 fully saturated rings. The van der Waals surface area contributed by atoms with Gasteiger partial charge in [-0.15, -0.1) is 11.3 Å². The summed E-state index contributed by atoms with van der Waals surface area (Å²) < 4.78 is 6.00. The Hall–Kier alpha value is -2.34. The van der Waals surface area contributed by atoms with Gasteiger partial charge in [-0.3, -0.25) is 9.59 Å². The molecule has 3 heterocycles. The van der Waals surface area contributed by atoms with Crippen LogP contribution in [0, 0.1) is 11.8 Å². The Morgan fingerprint density at radius 1 is 1.00 bits per heavy atom. The first-order valence-electron chi connectivity index (χ1n) is 10.9. The number of amides is 2. The smallest absolute Gasteiger partial charge is 0.263 e. The lowest BCUT2D eigenvalue weighted by atomic mass is 9.98. The number of rotatable bonds is 5. The summed E-state index contributed by atoms with van der Waals surface area (Å²) in [6.45, 7) is 6.09. The minimum absolute atomic E-state index is 0.114. The normalized spacial score (nSPS) is 20.2. The van der Waals surface area contributed by atoms with Crippen molar-refractivity contribution >= 4 is 23.2 Å². The number of likely N-dealkylation sites (tertiary alicyclic amines) is 2. The maximum absolute atomic E-state index is 12.7. The molecule has 1 aromatic heterocycles. The SMILES string of the molecule is CC1CCN(C(=O)c2ccc(OC[C@@H]3CCCN(C(=O)c4cccs4)C3)cc2)CC1. The van der Waals surface area contributed by atoms with Gasteiger partial charge in [-0.2, -0.15) is 0 Å². The van der Waals surface area contributed by atoms with E-state index in [4.69, 9.17) is 4.74 Å². The number of carbonyl (C=O) groups is 2. The third-order valence-electron chi connectivity index (χ3n) is 6.20. The molecule has 2 aliphatic rings. The summed E-state index contributed by atoms with van der Waals surface area (Å²) in [7, 11) is 0. The summed E-state index contributed by atoms with van der Waals surface area (Å²) in [6, 6.07) is 11.3. The highest BCUT2D eigenvalue weighted by Crippen LogP contribution is 2.23. The van der Waals surface area contributed by atoms with Gasteiger partial charge in [-0.1, -0.05) is 13.0 Å². The lowest BCUT2D eigenvalue weighted by Gasteiger charge is -2.32. The molecule has 160 valence electrons. The molecule has 2 aromatic rings. The second-order valence-corrected chi connectivity index (χ2v) is 9.49. The monoisotopic (exact) mass is 426 g/mol. The summed E-state index contributed by atoms with van der Waals surface area (Å²) in [5.41, 5.74) is 0.724. The van der Waals surface area contributed by atoms with Crippen LogP contribution < -0.4 is 4.74 Å². The van der Waals surface area contributed by atoms with Crippen LogP contribution in [-0.4, -0.2) is 54.4 Å². The molecule has 2 saturated heterocycles. The van der Waals surface area contributed by atoms with Crippen molar-refractivity contribution in [2.24, 2.45) is 11.8 Å². The first-order valence-corrected chi connectivity index (χ1v) is 11.8. The fourth-order valence-electron chi connectivity index (χ4n) is 4.24. The zero-order valence-corrected chi connectivity index (χ0v) is 18.4. The largest absolute Gasteiger partial charge is 0.493 e. The number of ether oxygens (including phenoxy) is 1. The van der Waals surface area contributed by atoms with E-state index in [9.17, 15) is 9.59 Å². The molecule has 0 spiro atoms. The van der Waals surface area contributed by atoms with Crippen LogP contribution in [0.25, 0.3) is 0 Å². The molecule has 0 unspecified atom stereocenters. The fraction of sp³-hybridized carbons (Fsp3) is 0.500. The van der Waals surface area contributed by atoms with Gasteiger partial charge in [0.05, 0.1) is 11.5 Å². The number of piperidine rings is 2. The van der Waals surface area contributed by atoms with E-state index in [0.717, 1.165) is 68.1 Å². The Balaban J connectivity index is 1.27. The second-order valence-electron chi connectivity index (χ2n) is 8.55. The van der Waals surface area contributed by atoms with Crippen molar-refractivity contribution in [3.8, 4) is 5.75 Å². The van der Waals surface area contributed by atoms with Crippen LogP contribution in [0.5, 0.6) is 5.75 Å². The van der Waals surface area contributed by atoms with Crippen LogP contribution in [0.3, 0.4) is 0 Å². The molecule has 6 heteroatoms. The number of thiophene rings is 1. The Kier molecular flexibility index (Phi) is 6.72. The summed E-state index contributed by atoms with van der Waals surface area (Å²) in [4.78, 5) is 30.0. The molecule has 1 atom stereocenters. The Bertz CT molecular complexity index is 842. The number of hydrogen-bond donors (Lipinski definition) is 0. The highest BCUT2D eigenvalue weighted by molar-refractivity contribution is 7.12. The fourth-order valence-corrected chi connectivity index (χ4v) is 4.93. The molecule has 30 heavy (non-hydrogen) atoms. The van der Waals surface area contributed by atoms with E-state index < -0.39 is 0 Å². The summed E-state index contributed by atoms with van der Waals surface area (Å²) in [6.07, 6.45) is 4.24. The highest BCUT2D eigenvalue weighted by atomic mass is 32.1. The van der Waals surface area contributed by atoms with Crippen LogP contribution in [0.1, 0.15) is 52.6 Å². The minimum atomic E-state index is 0.114. The molecule has 0 aliphatic carbocycles. The number of carbonyl (C=O) groups excluding carboxylic acids is 2. The molecule has 1 aromatic carbocycles. The maximum Gasteiger partial charge on any atom is 0.263 e. The van der Waals surface area contributed by atoms with Crippen molar-refractivity contribution in [1.82, 2.24) is 9.80 Å². The molecule has 0 saturated carbocycles. The van der Waals surface area contributed by atoms with Gasteiger partial charge in [0.25, 0.3) is 11.8 Å². The van der Waals surface area contributed by atoms with Gasteiger partial charge in [0.1, 0.15) is 5.75 Å². The second kappa shape index (κ2) is 9.65. The summed E-state index contributed by atoms with van der Waals surface area (Å²) >= 11 is 1.50. The third-order valence-corrected chi connectivity index (χ3v) is 7.05. The van der Waals surface area contributed by atoms with Crippen molar-refractivity contribution in [3.05, 3.63) is 52.2 Å². The predicted molar refractivity (Wildman–Crippen MR) is 119 cm³/mol. The van der Waals surface area contributed by atoms with Crippen molar-refractivity contribution in [3.63, 3.8) is 0 Å².